The van der Waals surface area contributed by atoms with Gasteiger partial charge in [0.05, 0.1) is 7.11 Å². The zero-order chi connectivity index (χ0) is 17.0. The van der Waals surface area contributed by atoms with Crippen molar-refractivity contribution < 1.29 is 13.9 Å². The Morgan fingerprint density at radius 3 is 2.74 bits per heavy atom. The summed E-state index contributed by atoms with van der Waals surface area (Å²) in [6.45, 7) is 6.60. The van der Waals surface area contributed by atoms with Gasteiger partial charge in [-0.2, -0.15) is 0 Å². The molecule has 0 saturated carbocycles. The minimum Gasteiger partial charge on any atom is -0.497 e. The molecule has 0 aliphatic carbocycles. The number of hydrogen-bond donors (Lipinski definition) is 1. The molecule has 0 atom stereocenters. The van der Waals surface area contributed by atoms with Gasteiger partial charge in [0.2, 0.25) is 5.91 Å². The lowest BCUT2D eigenvalue weighted by Crippen LogP contribution is -2.28. The van der Waals surface area contributed by atoms with Crippen LogP contribution in [0, 0.1) is 12.8 Å². The molecule has 2 aromatic rings. The van der Waals surface area contributed by atoms with Gasteiger partial charge >= 0.3 is 5.63 Å². The fraction of sp³-hybridized carbons (Fsp3) is 0.444. The van der Waals surface area contributed by atoms with Crippen LogP contribution in [-0.2, 0) is 11.2 Å². The number of fused-ring (bicyclic) bond motifs is 1. The summed E-state index contributed by atoms with van der Waals surface area (Å²) in [6.07, 6.45) is 0.653. The fourth-order valence-corrected chi connectivity index (χ4v) is 2.44. The zero-order valence-electron chi connectivity index (χ0n) is 14.1. The number of carbonyl (C=O) groups is 1. The molecule has 23 heavy (non-hydrogen) atoms. The van der Waals surface area contributed by atoms with Gasteiger partial charge in [-0.05, 0) is 37.0 Å². The van der Waals surface area contributed by atoms with Crippen molar-refractivity contribution in [3.05, 3.63) is 39.7 Å². The maximum atomic E-state index is 12.2. The number of methoxy groups -OCH3 is 1. The van der Waals surface area contributed by atoms with Crippen LogP contribution < -0.4 is 15.7 Å². The highest BCUT2D eigenvalue weighted by atomic mass is 16.5. The Balaban J connectivity index is 2.21. The van der Waals surface area contributed by atoms with Crippen molar-refractivity contribution in [1.29, 1.82) is 0 Å². The van der Waals surface area contributed by atoms with Crippen molar-refractivity contribution in [2.75, 3.05) is 13.7 Å². The van der Waals surface area contributed by atoms with Crippen LogP contribution in [0.15, 0.2) is 27.4 Å². The lowest BCUT2D eigenvalue weighted by molar-refractivity contribution is -0.121. The average Bonchev–Trinajstić information content (AvgIpc) is 2.52. The SMILES string of the molecule is COc1ccc2c(C)c(CCC(=O)NCC(C)C)c(=O)oc2c1. The first-order chi connectivity index (χ1) is 10.9. The van der Waals surface area contributed by atoms with Gasteiger partial charge < -0.3 is 14.5 Å². The van der Waals surface area contributed by atoms with Crippen LogP contribution in [0.5, 0.6) is 5.75 Å². The molecule has 1 aromatic heterocycles. The first-order valence-corrected chi connectivity index (χ1v) is 7.79. The highest BCUT2D eigenvalue weighted by molar-refractivity contribution is 5.82. The maximum absolute atomic E-state index is 12.2. The van der Waals surface area contributed by atoms with Gasteiger partial charge in [0.15, 0.2) is 0 Å². The first-order valence-electron chi connectivity index (χ1n) is 7.79. The van der Waals surface area contributed by atoms with Gasteiger partial charge in [0, 0.05) is 30.0 Å². The third-order valence-corrected chi connectivity index (χ3v) is 3.80. The highest BCUT2D eigenvalue weighted by Crippen LogP contribution is 2.24. The van der Waals surface area contributed by atoms with Crippen molar-refractivity contribution in [2.24, 2.45) is 5.92 Å². The van der Waals surface area contributed by atoms with E-state index in [2.05, 4.69) is 5.32 Å². The van der Waals surface area contributed by atoms with Crippen LogP contribution in [0.2, 0.25) is 0 Å². The number of rotatable bonds is 6. The van der Waals surface area contributed by atoms with E-state index in [1.54, 1.807) is 13.2 Å². The molecule has 2 rings (SSSR count). The molecule has 1 aromatic carbocycles. The van der Waals surface area contributed by atoms with Crippen molar-refractivity contribution >= 4 is 16.9 Å². The fourth-order valence-electron chi connectivity index (χ4n) is 2.44. The number of aryl methyl sites for hydroxylation is 1. The number of benzene rings is 1. The molecule has 5 nitrogen and oxygen atoms in total. The third kappa shape index (κ3) is 4.12. The van der Waals surface area contributed by atoms with E-state index < -0.39 is 0 Å². The van der Waals surface area contributed by atoms with E-state index in [4.69, 9.17) is 9.15 Å². The Bertz CT molecular complexity index is 761. The number of nitrogens with one attached hydrogen (secondary N) is 1. The number of ether oxygens (including phenoxy) is 1. The maximum Gasteiger partial charge on any atom is 0.339 e. The van der Waals surface area contributed by atoms with Crippen LogP contribution in [0.1, 0.15) is 31.4 Å². The summed E-state index contributed by atoms with van der Waals surface area (Å²) in [7, 11) is 1.57. The summed E-state index contributed by atoms with van der Waals surface area (Å²) in [5.41, 5.74) is 1.53. The van der Waals surface area contributed by atoms with Crippen molar-refractivity contribution in [3.8, 4) is 5.75 Å². The van der Waals surface area contributed by atoms with Gasteiger partial charge in [-0.15, -0.1) is 0 Å². The van der Waals surface area contributed by atoms with E-state index in [1.165, 1.54) is 0 Å². The molecule has 0 aliphatic heterocycles. The molecule has 1 amide bonds. The van der Waals surface area contributed by atoms with Crippen LogP contribution in [0.3, 0.4) is 0 Å². The van der Waals surface area contributed by atoms with Crippen molar-refractivity contribution in [1.82, 2.24) is 5.32 Å². The Kier molecular flexibility index (Phi) is 5.42. The van der Waals surface area contributed by atoms with Crippen LogP contribution >= 0.6 is 0 Å². The van der Waals surface area contributed by atoms with E-state index >= 15 is 0 Å². The zero-order valence-corrected chi connectivity index (χ0v) is 14.1. The van der Waals surface area contributed by atoms with Crippen LogP contribution in [-0.4, -0.2) is 19.6 Å². The molecule has 0 unspecified atom stereocenters. The van der Waals surface area contributed by atoms with Gasteiger partial charge in [0.25, 0.3) is 0 Å². The highest BCUT2D eigenvalue weighted by Gasteiger charge is 2.13. The lowest BCUT2D eigenvalue weighted by atomic mass is 10.0. The Morgan fingerprint density at radius 1 is 1.35 bits per heavy atom. The molecular formula is C18H23NO4. The van der Waals surface area contributed by atoms with E-state index in [0.717, 1.165) is 10.9 Å². The van der Waals surface area contributed by atoms with Crippen molar-refractivity contribution in [3.63, 3.8) is 0 Å². The molecule has 0 radical (unpaired) electrons. The molecule has 1 N–H and O–H groups in total. The minimum absolute atomic E-state index is 0.0488. The standard InChI is InChI=1S/C18H23NO4/c1-11(2)10-19-17(20)8-7-15-12(3)14-6-5-13(22-4)9-16(14)23-18(15)21/h5-6,9,11H,7-8,10H2,1-4H3,(H,19,20). The summed E-state index contributed by atoms with van der Waals surface area (Å²) in [6, 6.07) is 5.39. The summed E-state index contributed by atoms with van der Waals surface area (Å²) in [5, 5.41) is 3.72. The largest absolute Gasteiger partial charge is 0.497 e. The summed E-state index contributed by atoms with van der Waals surface area (Å²) >= 11 is 0. The van der Waals surface area contributed by atoms with E-state index in [1.807, 2.05) is 32.9 Å². The summed E-state index contributed by atoms with van der Waals surface area (Å²) in [5.74, 6) is 0.995. The molecule has 0 bridgehead atoms. The molecule has 0 fully saturated rings. The van der Waals surface area contributed by atoms with Gasteiger partial charge in [-0.1, -0.05) is 13.8 Å². The predicted molar refractivity (Wildman–Crippen MR) is 89.9 cm³/mol. The number of amides is 1. The van der Waals surface area contributed by atoms with E-state index in [-0.39, 0.29) is 18.0 Å². The normalized spacial score (nSPS) is 11.0. The average molecular weight is 317 g/mol. The molecule has 1 heterocycles. The third-order valence-electron chi connectivity index (χ3n) is 3.80. The van der Waals surface area contributed by atoms with Crippen LogP contribution in [0.25, 0.3) is 11.0 Å². The molecular weight excluding hydrogens is 294 g/mol. The molecule has 0 saturated heterocycles. The predicted octanol–water partition coefficient (Wildman–Crippen LogP) is 2.81. The lowest BCUT2D eigenvalue weighted by Gasteiger charge is -2.10. The quantitative estimate of drug-likeness (QED) is 0.832. The topological polar surface area (TPSA) is 68.5 Å². The Labute approximate surface area is 135 Å². The van der Waals surface area contributed by atoms with Crippen LogP contribution in [0.4, 0.5) is 0 Å². The van der Waals surface area contributed by atoms with E-state index in [0.29, 0.717) is 35.8 Å². The molecule has 0 aliphatic rings. The van der Waals surface area contributed by atoms with Gasteiger partial charge in [-0.25, -0.2) is 4.79 Å². The van der Waals surface area contributed by atoms with E-state index in [9.17, 15) is 9.59 Å². The molecule has 0 spiro atoms. The van der Waals surface area contributed by atoms with Gasteiger partial charge in [0.1, 0.15) is 11.3 Å². The van der Waals surface area contributed by atoms with Gasteiger partial charge in [-0.3, -0.25) is 4.79 Å². The monoisotopic (exact) mass is 317 g/mol. The second-order valence-electron chi connectivity index (χ2n) is 6.05. The second kappa shape index (κ2) is 7.31. The molecule has 124 valence electrons. The number of hydrogen-bond acceptors (Lipinski definition) is 4. The molecule has 5 heteroatoms. The summed E-state index contributed by atoms with van der Waals surface area (Å²) < 4.78 is 10.5. The minimum atomic E-state index is -0.389. The summed E-state index contributed by atoms with van der Waals surface area (Å²) in [4.78, 5) is 24.0. The Morgan fingerprint density at radius 2 is 2.09 bits per heavy atom. The first kappa shape index (κ1) is 17.1. The number of carbonyl (C=O) groups excluding carboxylic acids is 1. The second-order valence-corrected chi connectivity index (χ2v) is 6.05. The Hall–Kier alpha value is -2.30. The smallest absolute Gasteiger partial charge is 0.339 e. The van der Waals surface area contributed by atoms with Crippen molar-refractivity contribution in [2.45, 2.75) is 33.6 Å².